The molecule has 2 heterocycles. The Bertz CT molecular complexity index is 3350. The summed E-state index contributed by atoms with van der Waals surface area (Å²) in [5.41, 5.74) is 14.2. The Morgan fingerprint density at radius 3 is 1.43 bits per heavy atom. The van der Waals surface area contributed by atoms with E-state index in [9.17, 15) is 0 Å². The van der Waals surface area contributed by atoms with Gasteiger partial charge in [0.1, 0.15) is 11.2 Å². The first-order valence-corrected chi connectivity index (χ1v) is 19.2. The molecule has 0 bridgehead atoms. The van der Waals surface area contributed by atoms with Crippen LogP contribution in [0.1, 0.15) is 11.1 Å². The lowest BCUT2D eigenvalue weighted by Gasteiger charge is -2.12. The number of fused-ring (bicyclic) bond motifs is 12. The maximum absolute atomic E-state index is 6.42. The van der Waals surface area contributed by atoms with E-state index in [0.29, 0.717) is 0 Å². The summed E-state index contributed by atoms with van der Waals surface area (Å²) in [4.78, 5) is 10.4. The largest absolute Gasteiger partial charge is 0.456 e. The molecule has 0 spiro atoms. The van der Waals surface area contributed by atoms with E-state index in [1.54, 1.807) is 0 Å². The van der Waals surface area contributed by atoms with Crippen molar-refractivity contribution in [3.63, 3.8) is 0 Å². The van der Waals surface area contributed by atoms with Gasteiger partial charge < -0.3 is 4.42 Å². The second kappa shape index (κ2) is 12.1. The standard InChI is InChI=1S/C53H32N2O/c1-3-11-32(12-4-1)51-48-31-38-20-19-34(27-44(38)52(48)55-53(54-51)33-13-5-2-6-14-33)36-22-25-49-46(29-36)47-30-37(23-26-50(47)56-49)35-21-24-43-41-17-8-7-15-39(41)40-16-9-10-18-42(40)45(43)28-35/h1-30H,31H2. The van der Waals surface area contributed by atoms with E-state index in [4.69, 9.17) is 14.4 Å². The summed E-state index contributed by atoms with van der Waals surface area (Å²) in [6.07, 6.45) is 0.805. The molecule has 0 fully saturated rings. The monoisotopic (exact) mass is 712 g/mol. The predicted octanol–water partition coefficient (Wildman–Crippen LogP) is 14.1. The molecule has 0 unspecified atom stereocenters. The third kappa shape index (κ3) is 4.77. The maximum Gasteiger partial charge on any atom is 0.160 e. The highest BCUT2D eigenvalue weighted by atomic mass is 16.3. The van der Waals surface area contributed by atoms with Crippen LogP contribution >= 0.6 is 0 Å². The van der Waals surface area contributed by atoms with Crippen LogP contribution in [0.4, 0.5) is 0 Å². The third-order valence-electron chi connectivity index (χ3n) is 11.7. The lowest BCUT2D eigenvalue weighted by atomic mass is 9.92. The van der Waals surface area contributed by atoms with Crippen LogP contribution in [0.3, 0.4) is 0 Å². The SMILES string of the molecule is c1ccc(-c2nc(-c3ccccc3)c3c(n2)-c2cc(-c4ccc5oc6ccc(-c7ccc8c9ccccc9c9ccccc9c8c7)cc6c5c4)ccc2C3)cc1. The first kappa shape index (κ1) is 31.0. The number of hydrogen-bond acceptors (Lipinski definition) is 3. The van der Waals surface area contributed by atoms with Crippen molar-refractivity contribution in [3.05, 3.63) is 193 Å². The molecule has 1 aliphatic rings. The molecular formula is C53H32N2O. The van der Waals surface area contributed by atoms with E-state index in [1.165, 1.54) is 60.1 Å². The molecule has 1 aliphatic carbocycles. The van der Waals surface area contributed by atoms with E-state index < -0.39 is 0 Å². The summed E-state index contributed by atoms with van der Waals surface area (Å²) in [7, 11) is 0. The van der Waals surface area contributed by atoms with Crippen LogP contribution < -0.4 is 0 Å². The van der Waals surface area contributed by atoms with Crippen LogP contribution in [0.25, 0.3) is 110 Å². The molecule has 56 heavy (non-hydrogen) atoms. The van der Waals surface area contributed by atoms with Crippen molar-refractivity contribution in [2.75, 3.05) is 0 Å². The molecule has 0 aliphatic heterocycles. The Hall–Kier alpha value is -7.36. The summed E-state index contributed by atoms with van der Waals surface area (Å²) in [6, 6.07) is 65.2. The summed E-state index contributed by atoms with van der Waals surface area (Å²) < 4.78 is 6.42. The van der Waals surface area contributed by atoms with Gasteiger partial charge in [0, 0.05) is 39.4 Å². The second-order valence-electron chi connectivity index (χ2n) is 14.9. The average Bonchev–Trinajstić information content (AvgIpc) is 3.84. The van der Waals surface area contributed by atoms with Crippen molar-refractivity contribution in [2.45, 2.75) is 6.42 Å². The molecule has 0 N–H and O–H groups in total. The Balaban J connectivity index is 0.976. The molecule has 0 saturated heterocycles. The van der Waals surface area contributed by atoms with E-state index in [1.807, 2.05) is 18.2 Å². The van der Waals surface area contributed by atoms with Crippen molar-refractivity contribution in [2.24, 2.45) is 0 Å². The Morgan fingerprint density at radius 1 is 0.339 bits per heavy atom. The molecule has 2 aromatic heterocycles. The Kier molecular flexibility index (Phi) is 6.69. The van der Waals surface area contributed by atoms with Crippen LogP contribution in [-0.2, 0) is 6.42 Å². The van der Waals surface area contributed by atoms with Crippen LogP contribution in [0.2, 0.25) is 0 Å². The van der Waals surface area contributed by atoms with Gasteiger partial charge >= 0.3 is 0 Å². The van der Waals surface area contributed by atoms with Gasteiger partial charge in [-0.2, -0.15) is 0 Å². The number of furan rings is 1. The van der Waals surface area contributed by atoms with Crippen LogP contribution in [0.5, 0.6) is 0 Å². The van der Waals surface area contributed by atoms with Gasteiger partial charge in [0.2, 0.25) is 0 Å². The fourth-order valence-electron chi connectivity index (χ4n) is 8.97. The number of rotatable bonds is 4. The molecule has 3 nitrogen and oxygen atoms in total. The first-order chi connectivity index (χ1) is 27.7. The highest BCUT2D eigenvalue weighted by molar-refractivity contribution is 6.25. The van der Waals surface area contributed by atoms with E-state index in [-0.39, 0.29) is 0 Å². The zero-order chi connectivity index (χ0) is 36.7. The lowest BCUT2D eigenvalue weighted by molar-refractivity contribution is 0.669. The molecule has 260 valence electrons. The van der Waals surface area contributed by atoms with Crippen molar-refractivity contribution in [1.29, 1.82) is 0 Å². The van der Waals surface area contributed by atoms with Gasteiger partial charge in [-0.3, -0.25) is 0 Å². The predicted molar refractivity (Wildman–Crippen MR) is 232 cm³/mol. The first-order valence-electron chi connectivity index (χ1n) is 19.2. The lowest BCUT2D eigenvalue weighted by Crippen LogP contribution is -1.99. The summed E-state index contributed by atoms with van der Waals surface area (Å²) in [6.45, 7) is 0. The fraction of sp³-hybridized carbons (Fsp3) is 0.0189. The van der Waals surface area contributed by atoms with E-state index in [2.05, 4.69) is 164 Å². The molecular weight excluding hydrogens is 681 g/mol. The zero-order valence-electron chi connectivity index (χ0n) is 30.3. The molecule has 0 radical (unpaired) electrons. The quantitative estimate of drug-likeness (QED) is 0.171. The van der Waals surface area contributed by atoms with Gasteiger partial charge in [-0.1, -0.05) is 146 Å². The zero-order valence-corrected chi connectivity index (χ0v) is 30.3. The van der Waals surface area contributed by atoms with Gasteiger partial charge in [0.05, 0.1) is 11.4 Å². The Labute approximate surface area is 323 Å². The van der Waals surface area contributed by atoms with Crippen LogP contribution in [0, 0.1) is 0 Å². The molecule has 0 saturated carbocycles. The number of nitrogens with zero attached hydrogens (tertiary/aromatic N) is 2. The van der Waals surface area contributed by atoms with Gasteiger partial charge in [0.15, 0.2) is 5.82 Å². The van der Waals surface area contributed by atoms with Crippen molar-refractivity contribution < 1.29 is 4.42 Å². The van der Waals surface area contributed by atoms with Crippen molar-refractivity contribution >= 4 is 54.3 Å². The minimum absolute atomic E-state index is 0.747. The van der Waals surface area contributed by atoms with E-state index in [0.717, 1.165) is 67.8 Å². The topological polar surface area (TPSA) is 38.9 Å². The van der Waals surface area contributed by atoms with Crippen molar-refractivity contribution in [3.8, 4) is 56.2 Å². The molecule has 0 atom stereocenters. The normalized spacial score (nSPS) is 12.2. The third-order valence-corrected chi connectivity index (χ3v) is 11.7. The molecule has 9 aromatic carbocycles. The number of hydrogen-bond donors (Lipinski definition) is 0. The van der Waals surface area contributed by atoms with Crippen LogP contribution in [0.15, 0.2) is 186 Å². The van der Waals surface area contributed by atoms with Crippen LogP contribution in [-0.4, -0.2) is 9.97 Å². The molecule has 0 amide bonds. The highest BCUT2D eigenvalue weighted by Gasteiger charge is 2.26. The smallest absolute Gasteiger partial charge is 0.160 e. The minimum atomic E-state index is 0.747. The number of aromatic nitrogens is 2. The Morgan fingerprint density at radius 2 is 0.804 bits per heavy atom. The second-order valence-corrected chi connectivity index (χ2v) is 14.9. The molecule has 11 aromatic rings. The molecule has 12 rings (SSSR count). The van der Waals surface area contributed by atoms with Gasteiger partial charge in [-0.25, -0.2) is 9.97 Å². The van der Waals surface area contributed by atoms with E-state index >= 15 is 0 Å². The maximum atomic E-state index is 6.42. The fourth-order valence-corrected chi connectivity index (χ4v) is 8.97. The summed E-state index contributed by atoms with van der Waals surface area (Å²) in [5.74, 6) is 0.747. The number of benzene rings is 9. The minimum Gasteiger partial charge on any atom is -0.456 e. The van der Waals surface area contributed by atoms with Gasteiger partial charge in [-0.15, -0.1) is 0 Å². The van der Waals surface area contributed by atoms with Gasteiger partial charge in [-0.05, 0) is 96.5 Å². The van der Waals surface area contributed by atoms with Gasteiger partial charge in [0.25, 0.3) is 0 Å². The average molecular weight is 713 g/mol. The van der Waals surface area contributed by atoms with Crippen molar-refractivity contribution in [1.82, 2.24) is 9.97 Å². The summed E-state index contributed by atoms with van der Waals surface area (Å²) >= 11 is 0. The molecule has 3 heteroatoms. The summed E-state index contributed by atoms with van der Waals surface area (Å²) in [5, 5.41) is 9.91. The highest BCUT2D eigenvalue weighted by Crippen LogP contribution is 2.44.